The van der Waals surface area contributed by atoms with E-state index in [0.717, 1.165) is 18.4 Å². The van der Waals surface area contributed by atoms with Crippen LogP contribution in [0, 0.1) is 11.3 Å². The van der Waals surface area contributed by atoms with Gasteiger partial charge in [0.2, 0.25) is 11.8 Å². The summed E-state index contributed by atoms with van der Waals surface area (Å²) in [6.45, 7) is 4.19. The number of fused-ring (bicyclic) bond motifs is 1. The van der Waals surface area contributed by atoms with Crippen molar-refractivity contribution in [3.8, 4) is 23.2 Å². The van der Waals surface area contributed by atoms with Crippen LogP contribution in [0.5, 0.6) is 5.88 Å². The van der Waals surface area contributed by atoms with E-state index in [1.807, 2.05) is 13.0 Å². The minimum absolute atomic E-state index is 0.149. The first kappa shape index (κ1) is 28.4. The zero-order chi connectivity index (χ0) is 28.8. The number of methoxy groups -OCH3 is 1. The fraction of sp³-hybridized carbons (Fsp3) is 0.429. The summed E-state index contributed by atoms with van der Waals surface area (Å²) in [5.74, 6) is 1.57. The van der Waals surface area contributed by atoms with Crippen molar-refractivity contribution in [2.24, 2.45) is 0 Å². The number of nitrogens with zero attached hydrogens (tertiary/aromatic N) is 6. The summed E-state index contributed by atoms with van der Waals surface area (Å²) >= 11 is 0. The van der Waals surface area contributed by atoms with Gasteiger partial charge in [0.25, 0.3) is 0 Å². The lowest BCUT2D eigenvalue weighted by Crippen LogP contribution is -2.36. The molecule has 13 heteroatoms. The molecular weight excluding hydrogens is 525 g/mol. The Morgan fingerprint density at radius 3 is 2.85 bits per heavy atom. The van der Waals surface area contributed by atoms with Gasteiger partial charge in [-0.25, -0.2) is 15.0 Å². The minimum atomic E-state index is -0.664. The SMILES string of the molecule is COCCOc1nc(C2CCOCC2)ncc1Nc1nccc(-c2cc(C#N)c3c(c2)[C@@](C)(CO)CN3[B]C=O)n1. The van der Waals surface area contributed by atoms with Crippen LogP contribution in [0.15, 0.2) is 30.6 Å². The fourth-order valence-electron chi connectivity index (χ4n) is 5.16. The Kier molecular flexibility index (Phi) is 8.73. The molecule has 4 heterocycles. The molecule has 0 saturated carbocycles. The van der Waals surface area contributed by atoms with Gasteiger partial charge < -0.3 is 34.2 Å². The van der Waals surface area contributed by atoms with E-state index in [2.05, 4.69) is 21.4 Å². The molecule has 1 atom stereocenters. The maximum Gasteiger partial charge on any atom is 0.329 e. The van der Waals surface area contributed by atoms with Gasteiger partial charge in [-0.1, -0.05) is 6.92 Å². The van der Waals surface area contributed by atoms with Crippen LogP contribution in [0.1, 0.15) is 42.6 Å². The molecule has 0 bridgehead atoms. The number of benzene rings is 1. The molecule has 2 aromatic heterocycles. The lowest BCUT2D eigenvalue weighted by molar-refractivity contribution is 0.0832. The van der Waals surface area contributed by atoms with E-state index in [4.69, 9.17) is 24.2 Å². The van der Waals surface area contributed by atoms with Crippen molar-refractivity contribution < 1.29 is 24.1 Å². The van der Waals surface area contributed by atoms with Crippen molar-refractivity contribution in [1.29, 1.82) is 5.26 Å². The Labute approximate surface area is 239 Å². The van der Waals surface area contributed by atoms with Crippen molar-refractivity contribution >= 4 is 30.9 Å². The van der Waals surface area contributed by atoms with Gasteiger partial charge in [-0.05, 0) is 36.6 Å². The molecule has 0 aliphatic carbocycles. The molecule has 5 rings (SSSR count). The van der Waals surface area contributed by atoms with Crippen molar-refractivity contribution in [2.45, 2.75) is 31.1 Å². The number of aromatic nitrogens is 4. The molecule has 1 radical (unpaired) electrons. The van der Waals surface area contributed by atoms with E-state index >= 15 is 0 Å². The number of hydrogen-bond donors (Lipinski definition) is 2. The van der Waals surface area contributed by atoms with Gasteiger partial charge in [-0.2, -0.15) is 10.2 Å². The number of aliphatic hydroxyl groups is 1. The van der Waals surface area contributed by atoms with Crippen molar-refractivity contribution in [3.05, 3.63) is 47.5 Å². The molecule has 211 valence electrons. The summed E-state index contributed by atoms with van der Waals surface area (Å²) in [6, 6.07) is 7.61. The number of carbonyl (C=O) groups excluding carboxylic acids is 1. The summed E-state index contributed by atoms with van der Waals surface area (Å²) in [7, 11) is 2.99. The van der Waals surface area contributed by atoms with Crippen LogP contribution < -0.4 is 14.9 Å². The molecule has 2 N–H and O–H groups in total. The van der Waals surface area contributed by atoms with E-state index < -0.39 is 5.41 Å². The third-order valence-corrected chi connectivity index (χ3v) is 7.36. The van der Waals surface area contributed by atoms with Gasteiger partial charge in [0.1, 0.15) is 30.4 Å². The van der Waals surface area contributed by atoms with Crippen LogP contribution in [-0.2, 0) is 19.7 Å². The van der Waals surface area contributed by atoms with Gasteiger partial charge in [-0.15, -0.1) is 0 Å². The normalized spacial score (nSPS) is 18.4. The Morgan fingerprint density at radius 1 is 1.29 bits per heavy atom. The smallest absolute Gasteiger partial charge is 0.329 e. The molecular formula is C28H31BN7O5. The molecule has 2 aliphatic rings. The predicted octanol–water partition coefficient (Wildman–Crippen LogP) is 2.35. The molecule has 0 amide bonds. The summed E-state index contributed by atoms with van der Waals surface area (Å²) < 4.78 is 16.5. The van der Waals surface area contributed by atoms with Crippen molar-refractivity contribution in [3.63, 3.8) is 0 Å². The second-order valence-electron chi connectivity index (χ2n) is 10.2. The highest BCUT2D eigenvalue weighted by Crippen LogP contribution is 2.44. The minimum Gasteiger partial charge on any atom is -0.474 e. The summed E-state index contributed by atoms with van der Waals surface area (Å²) in [6.07, 6.45) is 5.66. The molecule has 12 nitrogen and oxygen atoms in total. The predicted molar refractivity (Wildman–Crippen MR) is 152 cm³/mol. The van der Waals surface area contributed by atoms with E-state index in [1.54, 1.807) is 36.4 Å². The first-order chi connectivity index (χ1) is 20.0. The van der Waals surface area contributed by atoms with Crippen molar-refractivity contribution in [1.82, 2.24) is 19.9 Å². The zero-order valence-corrected chi connectivity index (χ0v) is 23.0. The second kappa shape index (κ2) is 12.6. The van der Waals surface area contributed by atoms with Crippen LogP contribution in [0.4, 0.5) is 17.3 Å². The number of anilines is 3. The summed E-state index contributed by atoms with van der Waals surface area (Å²) in [5.41, 5.74) is 2.86. The number of aliphatic hydroxyl groups excluding tert-OH is 1. The lowest BCUT2D eigenvalue weighted by atomic mass is 9.83. The molecule has 1 aromatic carbocycles. The Morgan fingerprint density at radius 2 is 2.12 bits per heavy atom. The van der Waals surface area contributed by atoms with Gasteiger partial charge in [0, 0.05) is 55.6 Å². The molecule has 1 fully saturated rings. The molecule has 0 unspecified atom stereocenters. The van der Waals surface area contributed by atoms with E-state index in [0.29, 0.717) is 85.0 Å². The maximum absolute atomic E-state index is 11.2. The average Bonchev–Trinajstić information content (AvgIpc) is 3.30. The number of nitriles is 1. The Hall–Kier alpha value is -4.12. The molecule has 3 aromatic rings. The largest absolute Gasteiger partial charge is 0.474 e. The number of ether oxygens (including phenoxy) is 3. The van der Waals surface area contributed by atoms with Gasteiger partial charge in [-0.3, -0.25) is 0 Å². The lowest BCUT2D eigenvalue weighted by Gasteiger charge is -2.23. The monoisotopic (exact) mass is 556 g/mol. The summed E-state index contributed by atoms with van der Waals surface area (Å²) in [4.78, 5) is 31.3. The fourth-order valence-corrected chi connectivity index (χ4v) is 5.16. The quantitative estimate of drug-likeness (QED) is 0.202. The Bertz CT molecular complexity index is 1450. The van der Waals surface area contributed by atoms with Crippen LogP contribution in [0.2, 0.25) is 0 Å². The average molecular weight is 556 g/mol. The first-order valence-corrected chi connectivity index (χ1v) is 13.4. The maximum atomic E-state index is 11.2. The van der Waals surface area contributed by atoms with Crippen molar-refractivity contribution in [2.75, 3.05) is 56.8 Å². The molecule has 0 spiro atoms. The highest BCUT2D eigenvalue weighted by molar-refractivity contribution is 6.70. The first-order valence-electron chi connectivity index (χ1n) is 13.4. The number of hydrogen-bond acceptors (Lipinski definition) is 12. The highest BCUT2D eigenvalue weighted by atomic mass is 16.5. The topological polar surface area (TPSA) is 156 Å². The number of carbonyl (C=O) groups is 1. The van der Waals surface area contributed by atoms with E-state index in [9.17, 15) is 15.2 Å². The van der Waals surface area contributed by atoms with Gasteiger partial charge in [0.15, 0.2) is 0 Å². The van der Waals surface area contributed by atoms with E-state index in [1.165, 1.54) is 7.41 Å². The van der Waals surface area contributed by atoms with Crippen LogP contribution >= 0.6 is 0 Å². The number of nitrogens with one attached hydrogen (secondary N) is 1. The zero-order valence-electron chi connectivity index (χ0n) is 23.0. The van der Waals surface area contributed by atoms with E-state index in [-0.39, 0.29) is 12.5 Å². The summed E-state index contributed by atoms with van der Waals surface area (Å²) in [5, 5.41) is 23.3. The molecule has 2 aliphatic heterocycles. The molecule has 1 saturated heterocycles. The van der Waals surface area contributed by atoms with Crippen LogP contribution in [0.25, 0.3) is 11.3 Å². The highest BCUT2D eigenvalue weighted by Gasteiger charge is 2.40. The van der Waals surface area contributed by atoms with Gasteiger partial charge >= 0.3 is 7.41 Å². The Balaban J connectivity index is 1.47. The molecule has 41 heavy (non-hydrogen) atoms. The standard InChI is InChI=1S/C28H31BN7O5/c1-28(16-37)15-36(29-17-38)24-20(13-30)11-19(12-21(24)28)22-3-6-31-27(33-22)34-23-14-32-25(18-4-7-40-8-5-18)35-26(23)41-10-9-39-2/h3,6,11-12,14,17-18,37H,4-5,7-10,15-16H2,1-2H3,(H,31,33,34)/t28-/m1/s1. The number of rotatable bonds is 11. The van der Waals surface area contributed by atoms with Crippen LogP contribution in [-0.4, -0.2) is 85.3 Å². The third kappa shape index (κ3) is 6.00. The van der Waals surface area contributed by atoms with Gasteiger partial charge in [0.05, 0.1) is 30.7 Å². The third-order valence-electron chi connectivity index (χ3n) is 7.36. The second-order valence-corrected chi connectivity index (χ2v) is 10.2. The van der Waals surface area contributed by atoms with Crippen LogP contribution in [0.3, 0.4) is 0 Å².